The number of hydrogen-bond acceptors (Lipinski definition) is 3. The van der Waals surface area contributed by atoms with Crippen LogP contribution in [0.3, 0.4) is 0 Å². The monoisotopic (exact) mass is 309 g/mol. The first kappa shape index (κ1) is 13.1. The number of nitrogens with two attached hydrogens (primary N) is 1. The molecule has 1 atom stereocenters. The first-order chi connectivity index (χ1) is 8.61. The molecule has 2 aromatic rings. The third-order valence-electron chi connectivity index (χ3n) is 2.72. The number of benzene rings is 1. The summed E-state index contributed by atoms with van der Waals surface area (Å²) in [6, 6.07) is 5.70. The zero-order chi connectivity index (χ0) is 13.1. The first-order valence-corrected chi connectivity index (χ1v) is 6.60. The van der Waals surface area contributed by atoms with Crippen LogP contribution in [0.5, 0.6) is 5.75 Å². The SMILES string of the molecule is CCOc1ccc(C(N)c2ncc(Br)[nH]2)cc1C. The number of halogens is 1. The molecule has 1 aromatic carbocycles. The number of aryl methyl sites for hydroxylation is 1. The second-order valence-electron chi connectivity index (χ2n) is 4.05. The van der Waals surface area contributed by atoms with Gasteiger partial charge in [0.05, 0.1) is 18.8 Å². The van der Waals surface area contributed by atoms with Crippen LogP contribution in [0.25, 0.3) is 0 Å². The van der Waals surface area contributed by atoms with Crippen molar-refractivity contribution in [3.05, 3.63) is 46.0 Å². The van der Waals surface area contributed by atoms with Crippen LogP contribution in [0, 0.1) is 6.92 Å². The molecule has 1 heterocycles. The van der Waals surface area contributed by atoms with Crippen LogP contribution in [0.4, 0.5) is 0 Å². The van der Waals surface area contributed by atoms with Gasteiger partial charge in [-0.05, 0) is 47.0 Å². The van der Waals surface area contributed by atoms with Crippen molar-refractivity contribution in [2.45, 2.75) is 19.9 Å². The van der Waals surface area contributed by atoms with Gasteiger partial charge in [-0.1, -0.05) is 12.1 Å². The average molecular weight is 310 g/mol. The van der Waals surface area contributed by atoms with E-state index in [2.05, 4.69) is 25.9 Å². The van der Waals surface area contributed by atoms with Gasteiger partial charge in [0, 0.05) is 0 Å². The zero-order valence-corrected chi connectivity index (χ0v) is 12.0. The van der Waals surface area contributed by atoms with E-state index in [4.69, 9.17) is 10.5 Å². The van der Waals surface area contributed by atoms with E-state index in [1.54, 1.807) is 6.20 Å². The molecular weight excluding hydrogens is 294 g/mol. The minimum absolute atomic E-state index is 0.259. The first-order valence-electron chi connectivity index (χ1n) is 5.81. The lowest BCUT2D eigenvalue weighted by Gasteiger charge is -2.13. The summed E-state index contributed by atoms with van der Waals surface area (Å²) >= 11 is 3.33. The lowest BCUT2D eigenvalue weighted by Crippen LogP contribution is -2.13. The van der Waals surface area contributed by atoms with E-state index in [1.165, 1.54) is 0 Å². The summed E-state index contributed by atoms with van der Waals surface area (Å²) in [5, 5.41) is 0. The highest BCUT2D eigenvalue weighted by Crippen LogP contribution is 2.24. The fraction of sp³-hybridized carbons (Fsp3) is 0.308. The van der Waals surface area contributed by atoms with E-state index < -0.39 is 0 Å². The molecule has 1 aromatic heterocycles. The molecular formula is C13H16BrN3O. The van der Waals surface area contributed by atoms with Gasteiger partial charge in [-0.15, -0.1) is 0 Å². The van der Waals surface area contributed by atoms with Crippen molar-refractivity contribution in [3.63, 3.8) is 0 Å². The van der Waals surface area contributed by atoms with Crippen molar-refractivity contribution in [1.29, 1.82) is 0 Å². The Hall–Kier alpha value is -1.33. The summed E-state index contributed by atoms with van der Waals surface area (Å²) in [7, 11) is 0. The fourth-order valence-corrected chi connectivity index (χ4v) is 2.12. The van der Waals surface area contributed by atoms with E-state index >= 15 is 0 Å². The van der Waals surface area contributed by atoms with Gasteiger partial charge in [-0.25, -0.2) is 4.98 Å². The highest BCUT2D eigenvalue weighted by atomic mass is 79.9. The Kier molecular flexibility index (Phi) is 4.04. The summed E-state index contributed by atoms with van der Waals surface area (Å²) in [6.07, 6.45) is 1.70. The molecule has 0 saturated heterocycles. The molecule has 0 aliphatic carbocycles. The molecule has 2 rings (SSSR count). The maximum absolute atomic E-state index is 6.17. The van der Waals surface area contributed by atoms with Gasteiger partial charge in [0.15, 0.2) is 0 Å². The standard InChI is InChI=1S/C13H16BrN3O/c1-3-18-10-5-4-9(6-8(10)2)12(15)13-16-7-11(14)17-13/h4-7,12H,3,15H2,1-2H3,(H,16,17). The smallest absolute Gasteiger partial charge is 0.128 e. The lowest BCUT2D eigenvalue weighted by atomic mass is 10.0. The van der Waals surface area contributed by atoms with E-state index in [-0.39, 0.29) is 6.04 Å². The Labute approximate surface area is 115 Å². The average Bonchev–Trinajstić information content (AvgIpc) is 2.78. The normalized spacial score (nSPS) is 12.4. The molecule has 18 heavy (non-hydrogen) atoms. The molecule has 0 saturated carbocycles. The van der Waals surface area contributed by atoms with E-state index in [0.29, 0.717) is 6.61 Å². The molecule has 5 heteroatoms. The van der Waals surface area contributed by atoms with Crippen LogP contribution in [-0.2, 0) is 0 Å². The Morgan fingerprint density at radius 3 is 2.83 bits per heavy atom. The Balaban J connectivity index is 2.26. The number of aromatic nitrogens is 2. The van der Waals surface area contributed by atoms with Crippen molar-refractivity contribution in [2.24, 2.45) is 5.73 Å². The number of nitrogens with zero attached hydrogens (tertiary/aromatic N) is 1. The topological polar surface area (TPSA) is 63.9 Å². The Morgan fingerprint density at radius 2 is 2.28 bits per heavy atom. The minimum Gasteiger partial charge on any atom is -0.494 e. The van der Waals surface area contributed by atoms with Gasteiger partial charge in [0.2, 0.25) is 0 Å². The third kappa shape index (κ3) is 2.73. The number of nitrogens with one attached hydrogen (secondary N) is 1. The Bertz CT molecular complexity index is 539. The molecule has 0 radical (unpaired) electrons. The number of ether oxygens (including phenoxy) is 1. The molecule has 0 spiro atoms. The molecule has 96 valence electrons. The molecule has 0 aliphatic heterocycles. The maximum atomic E-state index is 6.17. The predicted octanol–water partition coefficient (Wildman–Crippen LogP) is 2.93. The van der Waals surface area contributed by atoms with E-state index in [0.717, 1.165) is 27.3 Å². The minimum atomic E-state index is -0.259. The van der Waals surface area contributed by atoms with Crippen molar-refractivity contribution >= 4 is 15.9 Å². The number of imidazole rings is 1. The van der Waals surface area contributed by atoms with Crippen LogP contribution in [0.1, 0.15) is 29.9 Å². The van der Waals surface area contributed by atoms with Crippen molar-refractivity contribution in [1.82, 2.24) is 9.97 Å². The van der Waals surface area contributed by atoms with Gasteiger partial charge in [-0.2, -0.15) is 0 Å². The molecule has 0 bridgehead atoms. The molecule has 1 unspecified atom stereocenters. The number of rotatable bonds is 4. The highest BCUT2D eigenvalue weighted by Gasteiger charge is 2.13. The number of hydrogen-bond donors (Lipinski definition) is 2. The van der Waals surface area contributed by atoms with E-state index in [9.17, 15) is 0 Å². The molecule has 4 nitrogen and oxygen atoms in total. The Morgan fingerprint density at radius 1 is 1.50 bits per heavy atom. The highest BCUT2D eigenvalue weighted by molar-refractivity contribution is 9.10. The molecule has 3 N–H and O–H groups in total. The summed E-state index contributed by atoms with van der Waals surface area (Å²) < 4.78 is 6.34. The largest absolute Gasteiger partial charge is 0.494 e. The third-order valence-corrected chi connectivity index (χ3v) is 3.12. The van der Waals surface area contributed by atoms with Gasteiger partial charge >= 0.3 is 0 Å². The van der Waals surface area contributed by atoms with E-state index in [1.807, 2.05) is 32.0 Å². The fourth-order valence-electron chi connectivity index (χ4n) is 1.81. The van der Waals surface area contributed by atoms with Gasteiger partial charge in [-0.3, -0.25) is 0 Å². The van der Waals surface area contributed by atoms with Crippen LogP contribution in [0.15, 0.2) is 29.0 Å². The van der Waals surface area contributed by atoms with Crippen molar-refractivity contribution in [2.75, 3.05) is 6.61 Å². The second-order valence-corrected chi connectivity index (χ2v) is 4.91. The zero-order valence-electron chi connectivity index (χ0n) is 10.4. The van der Waals surface area contributed by atoms with Crippen LogP contribution in [-0.4, -0.2) is 16.6 Å². The van der Waals surface area contributed by atoms with Gasteiger partial charge < -0.3 is 15.5 Å². The van der Waals surface area contributed by atoms with Crippen LogP contribution < -0.4 is 10.5 Å². The van der Waals surface area contributed by atoms with Gasteiger partial charge in [0.25, 0.3) is 0 Å². The predicted molar refractivity (Wildman–Crippen MR) is 74.7 cm³/mol. The van der Waals surface area contributed by atoms with Gasteiger partial charge in [0.1, 0.15) is 16.2 Å². The number of H-pyrrole nitrogens is 1. The maximum Gasteiger partial charge on any atom is 0.128 e. The summed E-state index contributed by atoms with van der Waals surface area (Å²) in [6.45, 7) is 4.65. The van der Waals surface area contributed by atoms with Crippen LogP contribution >= 0.6 is 15.9 Å². The summed E-state index contributed by atoms with van der Waals surface area (Å²) in [5.41, 5.74) is 8.26. The summed E-state index contributed by atoms with van der Waals surface area (Å²) in [4.78, 5) is 7.30. The van der Waals surface area contributed by atoms with Crippen molar-refractivity contribution < 1.29 is 4.74 Å². The molecule has 0 fully saturated rings. The summed E-state index contributed by atoms with van der Waals surface area (Å²) in [5.74, 6) is 1.64. The number of aromatic amines is 1. The lowest BCUT2D eigenvalue weighted by molar-refractivity contribution is 0.337. The van der Waals surface area contributed by atoms with Crippen LogP contribution in [0.2, 0.25) is 0 Å². The quantitative estimate of drug-likeness (QED) is 0.912. The van der Waals surface area contributed by atoms with Crippen molar-refractivity contribution in [3.8, 4) is 5.75 Å². The molecule has 0 amide bonds. The molecule has 0 aliphatic rings. The second kappa shape index (κ2) is 5.54.